The molecule has 0 unspecified atom stereocenters. The molecule has 3 rings (SSSR count). The number of fused-ring (bicyclic) bond motifs is 1. The largest absolute Gasteiger partial charge is 0.369 e. The maximum Gasteiger partial charge on any atom is 0.222 e. The third kappa shape index (κ3) is 2.70. The molecular weight excluding hydrogens is 300 g/mol. The van der Waals surface area contributed by atoms with Crippen LogP contribution in [0.5, 0.6) is 0 Å². The number of benzene rings is 1. The van der Waals surface area contributed by atoms with Gasteiger partial charge >= 0.3 is 0 Å². The van der Waals surface area contributed by atoms with Crippen molar-refractivity contribution in [3.8, 4) is 6.07 Å². The summed E-state index contributed by atoms with van der Waals surface area (Å²) in [5.41, 5.74) is 6.67. The van der Waals surface area contributed by atoms with Crippen molar-refractivity contribution in [1.29, 1.82) is 5.26 Å². The number of nitriles is 1. The minimum Gasteiger partial charge on any atom is -0.369 e. The van der Waals surface area contributed by atoms with E-state index in [1.54, 1.807) is 24.3 Å². The molecule has 2 aromatic rings. The molecule has 2 N–H and O–H groups in total. The summed E-state index contributed by atoms with van der Waals surface area (Å²) in [7, 11) is 0. The number of nitrogens with zero attached hydrogens (tertiary/aromatic N) is 3. The third-order valence-corrected chi connectivity index (χ3v) is 4.26. The van der Waals surface area contributed by atoms with Crippen LogP contribution in [-0.4, -0.2) is 24.0 Å². The lowest BCUT2D eigenvalue weighted by Gasteiger charge is -2.32. The standard InChI is InChI=1S/C16H15ClN4O/c17-12-3-4-14-13(7-12)11(8-18)6-15(20-14)21-5-1-2-10(9-21)16(19)22/h3-4,6-7,10H,1-2,5,9H2,(H2,19,22)/t10-/m0/s1. The Morgan fingerprint density at radius 2 is 2.27 bits per heavy atom. The minimum atomic E-state index is -0.280. The highest BCUT2D eigenvalue weighted by atomic mass is 35.5. The molecule has 0 saturated carbocycles. The summed E-state index contributed by atoms with van der Waals surface area (Å²) in [5.74, 6) is 0.261. The van der Waals surface area contributed by atoms with Crippen molar-refractivity contribution in [3.05, 3.63) is 34.9 Å². The predicted molar refractivity (Wildman–Crippen MR) is 85.6 cm³/mol. The molecule has 1 atom stereocenters. The maximum atomic E-state index is 11.4. The van der Waals surface area contributed by atoms with Crippen LogP contribution in [0.2, 0.25) is 5.02 Å². The first-order chi connectivity index (χ1) is 10.6. The summed E-state index contributed by atoms with van der Waals surface area (Å²) in [4.78, 5) is 18.0. The lowest BCUT2D eigenvalue weighted by Crippen LogP contribution is -2.41. The normalized spacial score (nSPS) is 18.2. The quantitative estimate of drug-likeness (QED) is 0.923. The van der Waals surface area contributed by atoms with Gasteiger partial charge in [0, 0.05) is 23.5 Å². The number of nitrogens with two attached hydrogens (primary N) is 1. The monoisotopic (exact) mass is 314 g/mol. The van der Waals surface area contributed by atoms with Gasteiger partial charge in [0.25, 0.3) is 0 Å². The van der Waals surface area contributed by atoms with E-state index in [1.807, 2.05) is 4.90 Å². The second kappa shape index (κ2) is 5.82. The van der Waals surface area contributed by atoms with Gasteiger partial charge in [-0.1, -0.05) is 11.6 Å². The highest BCUT2D eigenvalue weighted by molar-refractivity contribution is 6.31. The molecule has 6 heteroatoms. The molecule has 0 spiro atoms. The van der Waals surface area contributed by atoms with Crippen molar-refractivity contribution in [1.82, 2.24) is 4.98 Å². The number of hydrogen-bond acceptors (Lipinski definition) is 4. The van der Waals surface area contributed by atoms with Crippen molar-refractivity contribution in [3.63, 3.8) is 0 Å². The number of primary amides is 1. The van der Waals surface area contributed by atoms with Crippen LogP contribution in [0, 0.1) is 17.2 Å². The zero-order valence-corrected chi connectivity index (χ0v) is 12.7. The van der Waals surface area contributed by atoms with Crippen LogP contribution in [0.4, 0.5) is 5.82 Å². The van der Waals surface area contributed by atoms with Crippen molar-refractivity contribution in [2.45, 2.75) is 12.8 Å². The Balaban J connectivity index is 2.02. The molecule has 1 aromatic heterocycles. The van der Waals surface area contributed by atoms with Crippen LogP contribution in [0.1, 0.15) is 18.4 Å². The number of halogens is 1. The second-order valence-corrected chi connectivity index (χ2v) is 5.93. The van der Waals surface area contributed by atoms with E-state index < -0.39 is 0 Å². The Hall–Kier alpha value is -2.32. The van der Waals surface area contributed by atoms with Crippen LogP contribution in [0.3, 0.4) is 0 Å². The molecule has 1 saturated heterocycles. The highest BCUT2D eigenvalue weighted by Gasteiger charge is 2.25. The van der Waals surface area contributed by atoms with Crippen molar-refractivity contribution in [2.24, 2.45) is 11.7 Å². The number of carbonyl (C=O) groups is 1. The van der Waals surface area contributed by atoms with E-state index in [0.29, 0.717) is 22.9 Å². The molecule has 0 aliphatic carbocycles. The molecule has 1 aliphatic heterocycles. The number of aromatic nitrogens is 1. The van der Waals surface area contributed by atoms with Gasteiger partial charge < -0.3 is 10.6 Å². The number of rotatable bonds is 2. The molecule has 1 fully saturated rings. The van der Waals surface area contributed by atoms with E-state index in [-0.39, 0.29) is 11.8 Å². The zero-order valence-electron chi connectivity index (χ0n) is 11.9. The van der Waals surface area contributed by atoms with Gasteiger partial charge in [-0.05, 0) is 37.1 Å². The van der Waals surface area contributed by atoms with Gasteiger partial charge in [0.05, 0.1) is 23.1 Å². The molecule has 2 heterocycles. The first-order valence-corrected chi connectivity index (χ1v) is 7.51. The Kier molecular flexibility index (Phi) is 3.86. The summed E-state index contributed by atoms with van der Waals surface area (Å²) in [6.45, 7) is 1.35. The van der Waals surface area contributed by atoms with Crippen LogP contribution in [0.15, 0.2) is 24.3 Å². The fourth-order valence-electron chi connectivity index (χ4n) is 2.86. The van der Waals surface area contributed by atoms with E-state index in [2.05, 4.69) is 11.1 Å². The molecule has 0 radical (unpaired) electrons. The van der Waals surface area contributed by atoms with Crippen LogP contribution in [0.25, 0.3) is 10.9 Å². The van der Waals surface area contributed by atoms with Crippen molar-refractivity contribution >= 4 is 34.2 Å². The van der Waals surface area contributed by atoms with Crippen LogP contribution in [-0.2, 0) is 4.79 Å². The molecule has 5 nitrogen and oxygen atoms in total. The molecule has 22 heavy (non-hydrogen) atoms. The Bertz CT molecular complexity index is 784. The summed E-state index contributed by atoms with van der Waals surface area (Å²) in [6.07, 6.45) is 1.69. The van der Waals surface area contributed by atoms with Crippen LogP contribution >= 0.6 is 11.6 Å². The van der Waals surface area contributed by atoms with Crippen LogP contribution < -0.4 is 10.6 Å². The smallest absolute Gasteiger partial charge is 0.222 e. The van der Waals surface area contributed by atoms with E-state index in [9.17, 15) is 10.1 Å². The summed E-state index contributed by atoms with van der Waals surface area (Å²) >= 11 is 5.99. The van der Waals surface area contributed by atoms with E-state index >= 15 is 0 Å². The zero-order chi connectivity index (χ0) is 15.7. The van der Waals surface area contributed by atoms with E-state index in [4.69, 9.17) is 17.3 Å². The van der Waals surface area contributed by atoms with Gasteiger partial charge in [-0.25, -0.2) is 4.98 Å². The molecule has 1 amide bonds. The topological polar surface area (TPSA) is 83.0 Å². The number of amides is 1. The summed E-state index contributed by atoms with van der Waals surface area (Å²) in [5, 5.41) is 10.7. The Labute approximate surface area is 133 Å². The Morgan fingerprint density at radius 3 is 3.00 bits per heavy atom. The summed E-state index contributed by atoms with van der Waals surface area (Å²) in [6, 6.07) is 9.25. The van der Waals surface area contributed by atoms with E-state index in [0.717, 1.165) is 30.3 Å². The Morgan fingerprint density at radius 1 is 1.45 bits per heavy atom. The number of piperidine rings is 1. The average Bonchev–Trinajstić information content (AvgIpc) is 2.54. The third-order valence-electron chi connectivity index (χ3n) is 4.03. The van der Waals surface area contributed by atoms with Crippen molar-refractivity contribution in [2.75, 3.05) is 18.0 Å². The average molecular weight is 315 g/mol. The van der Waals surface area contributed by atoms with Gasteiger partial charge in [0.2, 0.25) is 5.91 Å². The number of anilines is 1. The molecule has 112 valence electrons. The first-order valence-electron chi connectivity index (χ1n) is 7.13. The number of hydrogen-bond donors (Lipinski definition) is 1. The van der Waals surface area contributed by atoms with Gasteiger partial charge in [0.1, 0.15) is 5.82 Å². The lowest BCUT2D eigenvalue weighted by atomic mass is 9.97. The molecular formula is C16H15ClN4O. The number of pyridine rings is 1. The second-order valence-electron chi connectivity index (χ2n) is 5.49. The first kappa shape index (κ1) is 14.6. The minimum absolute atomic E-state index is 0.165. The van der Waals surface area contributed by atoms with Gasteiger partial charge in [0.15, 0.2) is 0 Å². The summed E-state index contributed by atoms with van der Waals surface area (Å²) < 4.78 is 0. The lowest BCUT2D eigenvalue weighted by molar-refractivity contribution is -0.122. The molecule has 0 bridgehead atoms. The van der Waals surface area contributed by atoms with E-state index in [1.165, 1.54) is 0 Å². The van der Waals surface area contributed by atoms with Gasteiger partial charge in [-0.15, -0.1) is 0 Å². The molecule has 1 aromatic carbocycles. The fraction of sp³-hybridized carbons (Fsp3) is 0.312. The SMILES string of the molecule is N#Cc1cc(N2CCC[C@H](C(N)=O)C2)nc2ccc(Cl)cc12. The highest BCUT2D eigenvalue weighted by Crippen LogP contribution is 2.28. The predicted octanol–water partition coefficient (Wildman–Crippen LogP) is 2.46. The van der Waals surface area contributed by atoms with Crippen molar-refractivity contribution < 1.29 is 4.79 Å². The fourth-order valence-corrected chi connectivity index (χ4v) is 3.03. The maximum absolute atomic E-state index is 11.4. The number of carbonyl (C=O) groups excluding carboxylic acids is 1. The van der Waals surface area contributed by atoms with Gasteiger partial charge in [-0.3, -0.25) is 4.79 Å². The van der Waals surface area contributed by atoms with Gasteiger partial charge in [-0.2, -0.15) is 5.26 Å². The molecule has 1 aliphatic rings.